The van der Waals surface area contributed by atoms with E-state index in [0.29, 0.717) is 43.9 Å². The number of ether oxygens (including phenoxy) is 3. The third kappa shape index (κ3) is 12.1. The van der Waals surface area contributed by atoms with Crippen LogP contribution in [0.15, 0.2) is 47.7 Å². The second kappa shape index (κ2) is 24.1. The molecular formula is C48H75N3O8. The molecule has 59 heavy (non-hydrogen) atoms. The van der Waals surface area contributed by atoms with E-state index in [9.17, 15) is 19.8 Å². The number of aliphatic hydroxyl groups is 2. The van der Waals surface area contributed by atoms with Crippen LogP contribution in [0.3, 0.4) is 0 Å². The largest absolute Gasteiger partial charge is 0.459 e. The number of amides is 2. The van der Waals surface area contributed by atoms with Crippen LogP contribution in [-0.4, -0.2) is 84.7 Å². The molecule has 330 valence electrons. The molecule has 1 heterocycles. The number of hydrogen-bond acceptors (Lipinski definition) is 9. The van der Waals surface area contributed by atoms with Crippen LogP contribution in [0.25, 0.3) is 0 Å². The number of carbonyl (C=O) groups excluding carboxylic acids is 2. The van der Waals surface area contributed by atoms with Gasteiger partial charge < -0.3 is 39.5 Å². The van der Waals surface area contributed by atoms with Crippen LogP contribution in [0.1, 0.15) is 154 Å². The Kier molecular flexibility index (Phi) is 19.1. The van der Waals surface area contributed by atoms with Crippen molar-refractivity contribution in [2.24, 2.45) is 28.8 Å². The molecule has 11 heteroatoms. The second-order valence-corrected chi connectivity index (χ2v) is 17.3. The van der Waals surface area contributed by atoms with Gasteiger partial charge in [0.15, 0.2) is 0 Å². The number of hydrogen-bond donors (Lipinski definition) is 3. The first kappa shape index (κ1) is 46.7. The molecule has 0 bridgehead atoms. The van der Waals surface area contributed by atoms with Crippen molar-refractivity contribution in [3.8, 4) is 11.5 Å². The minimum Gasteiger partial charge on any atom is -0.459 e. The SMILES string of the molecule is C=CCO[C@@]12Oc3ccc(OC(=O)NCCCCCCCCCCCC)cc3[C@H]3[C@H](CCCCO)[C@@H](CCCCO)C=C(C(=NOC)C[C@@H]1N(CCC)C(=O)C1CC1)[C@H]32. The summed E-state index contributed by atoms with van der Waals surface area (Å²) < 4.78 is 20.2. The Hall–Kier alpha value is -3.41. The van der Waals surface area contributed by atoms with Gasteiger partial charge in [0.05, 0.1) is 18.2 Å². The van der Waals surface area contributed by atoms with Crippen LogP contribution in [0, 0.1) is 23.7 Å². The highest BCUT2D eigenvalue weighted by Crippen LogP contribution is 2.62. The van der Waals surface area contributed by atoms with Crippen LogP contribution >= 0.6 is 0 Å². The van der Waals surface area contributed by atoms with Gasteiger partial charge in [-0.15, -0.1) is 6.58 Å². The first-order chi connectivity index (χ1) is 28.9. The lowest BCUT2D eigenvalue weighted by atomic mass is 9.55. The topological polar surface area (TPSA) is 139 Å². The maximum absolute atomic E-state index is 14.2. The van der Waals surface area contributed by atoms with E-state index in [1.807, 2.05) is 17.0 Å². The normalized spacial score (nSPS) is 25.0. The van der Waals surface area contributed by atoms with Gasteiger partial charge in [-0.2, -0.15) is 0 Å². The number of rotatable bonds is 28. The Morgan fingerprint density at radius 2 is 1.64 bits per heavy atom. The number of nitrogens with zero attached hydrogens (tertiary/aromatic N) is 2. The van der Waals surface area contributed by atoms with Crippen molar-refractivity contribution in [3.05, 3.63) is 48.1 Å². The zero-order chi connectivity index (χ0) is 42.0. The van der Waals surface area contributed by atoms with Gasteiger partial charge >= 0.3 is 6.09 Å². The highest BCUT2D eigenvalue weighted by atomic mass is 16.7. The summed E-state index contributed by atoms with van der Waals surface area (Å²) in [7, 11) is 1.56. The third-order valence-electron chi connectivity index (χ3n) is 12.9. The summed E-state index contributed by atoms with van der Waals surface area (Å²) in [5.41, 5.74) is 2.69. The first-order valence-corrected chi connectivity index (χ1v) is 23.2. The van der Waals surface area contributed by atoms with Crippen molar-refractivity contribution in [2.45, 2.75) is 160 Å². The molecule has 6 atom stereocenters. The summed E-state index contributed by atoms with van der Waals surface area (Å²) in [6.45, 7) is 9.91. The quantitative estimate of drug-likeness (QED) is 0.0432. The fraction of sp³-hybridized carbons (Fsp3) is 0.729. The molecule has 2 fully saturated rings. The Labute approximate surface area is 354 Å². The van der Waals surface area contributed by atoms with E-state index in [4.69, 9.17) is 19.0 Å². The number of nitrogens with one attached hydrogen (secondary N) is 1. The van der Waals surface area contributed by atoms with E-state index < -0.39 is 17.9 Å². The molecule has 3 aliphatic carbocycles. The summed E-state index contributed by atoms with van der Waals surface area (Å²) in [4.78, 5) is 35.0. The molecule has 1 aromatic rings. The van der Waals surface area contributed by atoms with Crippen LogP contribution in [0.4, 0.5) is 4.79 Å². The van der Waals surface area contributed by atoms with Gasteiger partial charge in [0.25, 0.3) is 0 Å². The van der Waals surface area contributed by atoms with Crippen molar-refractivity contribution >= 4 is 17.7 Å². The van der Waals surface area contributed by atoms with Gasteiger partial charge in [-0.3, -0.25) is 4.79 Å². The molecule has 5 rings (SSSR count). The van der Waals surface area contributed by atoms with Gasteiger partial charge in [0.2, 0.25) is 11.7 Å². The van der Waals surface area contributed by atoms with Crippen molar-refractivity contribution in [1.82, 2.24) is 10.2 Å². The number of aliphatic hydroxyl groups excluding tert-OH is 2. The number of oxime groups is 1. The lowest BCUT2D eigenvalue weighted by Gasteiger charge is -2.60. The number of allylic oxidation sites excluding steroid dienone is 1. The van der Waals surface area contributed by atoms with Crippen molar-refractivity contribution < 1.29 is 38.9 Å². The molecule has 4 aliphatic rings. The zero-order valence-corrected chi connectivity index (χ0v) is 36.5. The zero-order valence-electron chi connectivity index (χ0n) is 36.5. The summed E-state index contributed by atoms with van der Waals surface area (Å²) >= 11 is 0. The molecule has 0 saturated heterocycles. The summed E-state index contributed by atoms with van der Waals surface area (Å²) in [5.74, 6) is -0.437. The van der Waals surface area contributed by atoms with Crippen LogP contribution in [0.5, 0.6) is 11.5 Å². The van der Waals surface area contributed by atoms with E-state index >= 15 is 0 Å². The Morgan fingerprint density at radius 1 is 0.949 bits per heavy atom. The summed E-state index contributed by atoms with van der Waals surface area (Å²) in [6, 6.07) is 5.13. The predicted molar refractivity (Wildman–Crippen MR) is 233 cm³/mol. The fourth-order valence-electron chi connectivity index (χ4n) is 9.99. The molecule has 2 amide bonds. The predicted octanol–water partition coefficient (Wildman–Crippen LogP) is 9.61. The van der Waals surface area contributed by atoms with Crippen LogP contribution in [-0.2, 0) is 14.4 Å². The Morgan fingerprint density at radius 3 is 2.29 bits per heavy atom. The van der Waals surface area contributed by atoms with E-state index in [2.05, 4.69) is 37.0 Å². The lowest BCUT2D eigenvalue weighted by Crippen LogP contribution is -2.70. The standard InChI is InChI=1S/C48H75N3O8/c1-5-8-9-10-11-12-13-14-15-18-27-49-47(55)58-37-25-26-42-40(33-37)44-38(22-17-20-30-53)36(21-16-19-29-52)32-39-41(50-56-4)34-43(48(59-42,45(39)44)57-31-7-3)51(28-6-2)46(54)35-23-24-35/h7,25-26,32-33,35-36,38,43-45,52-53H,3,5-6,8-24,27-31,34H2,1-2,4H3,(H,49,55)/t36-,38+,43-,44+,45+,48+/m0/s1. The highest BCUT2D eigenvalue weighted by molar-refractivity contribution is 6.03. The van der Waals surface area contributed by atoms with Gasteiger partial charge in [-0.05, 0) is 87.0 Å². The molecule has 11 nitrogen and oxygen atoms in total. The van der Waals surface area contributed by atoms with E-state index in [-0.39, 0.29) is 55.3 Å². The number of benzene rings is 1. The van der Waals surface area contributed by atoms with Gasteiger partial charge in [0, 0.05) is 50.1 Å². The minimum atomic E-state index is -1.27. The van der Waals surface area contributed by atoms with E-state index in [0.717, 1.165) is 74.6 Å². The Balaban J connectivity index is 1.48. The molecule has 0 spiro atoms. The smallest absolute Gasteiger partial charge is 0.412 e. The molecule has 0 aromatic heterocycles. The van der Waals surface area contributed by atoms with E-state index in [1.54, 1.807) is 19.3 Å². The van der Waals surface area contributed by atoms with Gasteiger partial charge in [0.1, 0.15) is 24.7 Å². The Bertz CT molecular complexity index is 1540. The highest BCUT2D eigenvalue weighted by Gasteiger charge is 2.65. The van der Waals surface area contributed by atoms with Crippen molar-refractivity contribution in [3.63, 3.8) is 0 Å². The second-order valence-electron chi connectivity index (χ2n) is 17.3. The number of carbonyl (C=O) groups is 2. The average Bonchev–Trinajstić information content (AvgIpc) is 4.09. The molecule has 3 N–H and O–H groups in total. The lowest BCUT2D eigenvalue weighted by molar-refractivity contribution is -0.257. The summed E-state index contributed by atoms with van der Waals surface area (Å²) in [5, 5.41) is 27.3. The maximum atomic E-state index is 14.2. The summed E-state index contributed by atoms with van der Waals surface area (Å²) in [6.07, 6.45) is 23.5. The monoisotopic (exact) mass is 822 g/mol. The average molecular weight is 822 g/mol. The van der Waals surface area contributed by atoms with E-state index in [1.165, 1.54) is 51.4 Å². The molecule has 2 saturated carbocycles. The molecule has 0 unspecified atom stereocenters. The first-order valence-electron chi connectivity index (χ1n) is 23.2. The number of unbranched alkanes of at least 4 members (excludes halogenated alkanes) is 11. The molecule has 0 radical (unpaired) electrons. The third-order valence-corrected chi connectivity index (χ3v) is 12.9. The molecule has 1 aromatic carbocycles. The van der Waals surface area contributed by atoms with Crippen LogP contribution in [0.2, 0.25) is 0 Å². The molecule has 1 aliphatic heterocycles. The minimum absolute atomic E-state index is 0.00567. The van der Waals surface area contributed by atoms with Crippen LogP contribution < -0.4 is 14.8 Å². The van der Waals surface area contributed by atoms with Gasteiger partial charge in [-0.1, -0.05) is 102 Å². The number of fused-ring (bicyclic) bond motifs is 2. The molecular weight excluding hydrogens is 747 g/mol. The van der Waals surface area contributed by atoms with Gasteiger partial charge in [-0.25, -0.2) is 4.79 Å². The van der Waals surface area contributed by atoms with Crippen molar-refractivity contribution in [1.29, 1.82) is 0 Å². The maximum Gasteiger partial charge on any atom is 0.412 e. The van der Waals surface area contributed by atoms with Crippen molar-refractivity contribution in [2.75, 3.05) is 40.0 Å². The fourth-order valence-corrected chi connectivity index (χ4v) is 9.99.